The number of primary amides is 1. The minimum Gasteiger partial charge on any atom is -0.366 e. The number of hydrogen-bond acceptors (Lipinski definition) is 5. The Bertz CT molecular complexity index is 704. The molecule has 0 aliphatic heterocycles. The highest BCUT2D eigenvalue weighted by atomic mass is 16.1. The van der Waals surface area contributed by atoms with Crippen molar-refractivity contribution in [1.29, 1.82) is 0 Å². The van der Waals surface area contributed by atoms with Gasteiger partial charge in [0.25, 0.3) is 5.91 Å². The molecule has 1 amide bonds. The van der Waals surface area contributed by atoms with E-state index in [2.05, 4.69) is 15.6 Å². The Kier molecular flexibility index (Phi) is 4.96. The zero-order valence-corrected chi connectivity index (χ0v) is 13.5. The van der Waals surface area contributed by atoms with Crippen molar-refractivity contribution in [2.45, 2.75) is 37.8 Å². The summed E-state index contributed by atoms with van der Waals surface area (Å²) in [6, 6.07) is 13.4. The maximum atomic E-state index is 11.7. The molecule has 2 atom stereocenters. The Balaban J connectivity index is 1.83. The zero-order chi connectivity index (χ0) is 16.9. The Labute approximate surface area is 141 Å². The summed E-state index contributed by atoms with van der Waals surface area (Å²) in [5.41, 5.74) is 12.9. The second-order valence-corrected chi connectivity index (χ2v) is 6.15. The second-order valence-electron chi connectivity index (χ2n) is 6.15. The first-order valence-corrected chi connectivity index (χ1v) is 8.28. The number of hydrogen-bond donors (Lipinski definition) is 4. The number of nitrogens with one attached hydrogen (secondary N) is 2. The average molecular weight is 325 g/mol. The van der Waals surface area contributed by atoms with E-state index >= 15 is 0 Å². The fourth-order valence-electron chi connectivity index (χ4n) is 3.02. The maximum Gasteiger partial charge on any atom is 0.252 e. The number of pyridine rings is 1. The van der Waals surface area contributed by atoms with Gasteiger partial charge in [-0.05, 0) is 37.1 Å². The average Bonchev–Trinajstić information content (AvgIpc) is 2.58. The molecule has 126 valence electrons. The lowest BCUT2D eigenvalue weighted by molar-refractivity contribution is 0.100. The molecule has 1 aliphatic rings. The van der Waals surface area contributed by atoms with E-state index in [1.165, 1.54) is 12.8 Å². The quantitative estimate of drug-likeness (QED) is 0.676. The third kappa shape index (κ3) is 3.83. The lowest BCUT2D eigenvalue weighted by atomic mass is 9.91. The molecule has 2 unspecified atom stereocenters. The van der Waals surface area contributed by atoms with Crippen LogP contribution in [0.2, 0.25) is 0 Å². The molecule has 24 heavy (non-hydrogen) atoms. The third-order valence-electron chi connectivity index (χ3n) is 4.35. The Morgan fingerprint density at radius 2 is 1.83 bits per heavy atom. The van der Waals surface area contributed by atoms with E-state index in [1.54, 1.807) is 12.1 Å². The summed E-state index contributed by atoms with van der Waals surface area (Å²) >= 11 is 0. The van der Waals surface area contributed by atoms with Crippen molar-refractivity contribution < 1.29 is 4.79 Å². The highest BCUT2D eigenvalue weighted by molar-refractivity contribution is 5.98. The fourth-order valence-corrected chi connectivity index (χ4v) is 3.02. The first-order chi connectivity index (χ1) is 11.6. The van der Waals surface area contributed by atoms with E-state index in [-0.39, 0.29) is 12.1 Å². The smallest absolute Gasteiger partial charge is 0.252 e. The number of amides is 1. The number of rotatable bonds is 5. The van der Waals surface area contributed by atoms with Gasteiger partial charge in [-0.2, -0.15) is 0 Å². The van der Waals surface area contributed by atoms with Gasteiger partial charge in [0, 0.05) is 17.8 Å². The largest absolute Gasteiger partial charge is 0.366 e. The summed E-state index contributed by atoms with van der Waals surface area (Å²) in [6.07, 6.45) is 4.39. The lowest BCUT2D eigenvalue weighted by Crippen LogP contribution is -2.42. The molecule has 0 saturated heterocycles. The number of para-hydroxylation sites is 1. The first-order valence-electron chi connectivity index (χ1n) is 8.28. The second kappa shape index (κ2) is 7.31. The predicted molar refractivity (Wildman–Crippen MR) is 96.3 cm³/mol. The Hall–Kier alpha value is -2.60. The molecule has 3 rings (SSSR count). The number of nitrogens with zero attached hydrogens (tertiary/aromatic N) is 1. The molecule has 6 N–H and O–H groups in total. The van der Waals surface area contributed by atoms with E-state index in [1.807, 2.05) is 30.3 Å². The molecule has 6 nitrogen and oxygen atoms in total. The summed E-state index contributed by atoms with van der Waals surface area (Å²) in [7, 11) is 0. The van der Waals surface area contributed by atoms with Gasteiger partial charge in [-0.25, -0.2) is 4.98 Å². The molecule has 1 fully saturated rings. The highest BCUT2D eigenvalue weighted by Gasteiger charge is 2.22. The normalized spacial score (nSPS) is 20.4. The van der Waals surface area contributed by atoms with Crippen molar-refractivity contribution in [3.8, 4) is 0 Å². The summed E-state index contributed by atoms with van der Waals surface area (Å²) in [5, 5.41) is 6.55. The molecule has 1 saturated carbocycles. The van der Waals surface area contributed by atoms with Gasteiger partial charge in [-0.1, -0.05) is 31.0 Å². The predicted octanol–water partition coefficient (Wildman–Crippen LogP) is 2.61. The van der Waals surface area contributed by atoms with E-state index in [0.29, 0.717) is 17.2 Å². The molecule has 1 aromatic carbocycles. The molecule has 0 spiro atoms. The van der Waals surface area contributed by atoms with Crippen LogP contribution in [0.5, 0.6) is 0 Å². The van der Waals surface area contributed by atoms with E-state index in [9.17, 15) is 4.79 Å². The number of aromatic nitrogens is 1. The van der Waals surface area contributed by atoms with Gasteiger partial charge in [0.15, 0.2) is 0 Å². The summed E-state index contributed by atoms with van der Waals surface area (Å²) < 4.78 is 0. The lowest BCUT2D eigenvalue weighted by Gasteiger charge is -2.29. The zero-order valence-electron chi connectivity index (χ0n) is 13.5. The van der Waals surface area contributed by atoms with Crippen molar-refractivity contribution >= 4 is 23.2 Å². The fraction of sp³-hybridized carbons (Fsp3) is 0.333. The topological polar surface area (TPSA) is 106 Å². The van der Waals surface area contributed by atoms with Crippen molar-refractivity contribution in [2.24, 2.45) is 11.5 Å². The minimum absolute atomic E-state index is 0.127. The Morgan fingerprint density at radius 1 is 1.08 bits per heavy atom. The first kappa shape index (κ1) is 16.3. The van der Waals surface area contributed by atoms with E-state index in [4.69, 9.17) is 11.5 Å². The van der Waals surface area contributed by atoms with Crippen molar-refractivity contribution in [1.82, 2.24) is 4.98 Å². The molecular formula is C18H23N5O. The van der Waals surface area contributed by atoms with Gasteiger partial charge >= 0.3 is 0 Å². The molecule has 0 bridgehead atoms. The van der Waals surface area contributed by atoms with Crippen molar-refractivity contribution in [2.75, 3.05) is 10.6 Å². The third-order valence-corrected chi connectivity index (χ3v) is 4.35. The van der Waals surface area contributed by atoms with Gasteiger partial charge in [-0.15, -0.1) is 0 Å². The van der Waals surface area contributed by atoms with Crippen LogP contribution in [0.3, 0.4) is 0 Å². The number of carbonyl (C=O) groups excluding carboxylic acids is 1. The van der Waals surface area contributed by atoms with E-state index < -0.39 is 5.91 Å². The number of anilines is 3. The molecule has 1 aliphatic carbocycles. The van der Waals surface area contributed by atoms with Crippen molar-refractivity contribution in [3.05, 3.63) is 48.0 Å². The summed E-state index contributed by atoms with van der Waals surface area (Å²) in [6.45, 7) is 0. The van der Waals surface area contributed by atoms with Gasteiger partial charge in [0.2, 0.25) is 0 Å². The van der Waals surface area contributed by atoms with Crippen molar-refractivity contribution in [3.63, 3.8) is 0 Å². The molecule has 2 aromatic rings. The van der Waals surface area contributed by atoms with Crippen LogP contribution in [0.15, 0.2) is 42.5 Å². The standard InChI is InChI=1S/C18H23N5O/c19-14-8-4-5-9-15(14)22-16-11-10-13(17(20)24)18(23-16)21-12-6-2-1-3-7-12/h1-3,6-7,10-11,14-15H,4-5,8-9,19H2,(H2,20,24)(H2,21,22,23). The molecule has 1 aromatic heterocycles. The van der Waals surface area contributed by atoms with E-state index in [0.717, 1.165) is 18.5 Å². The molecule has 0 radical (unpaired) electrons. The SMILES string of the molecule is NC(=O)c1ccc(NC2CCCCC2N)nc1Nc1ccccc1. The number of nitrogens with two attached hydrogens (primary N) is 2. The minimum atomic E-state index is -0.512. The Morgan fingerprint density at radius 3 is 2.54 bits per heavy atom. The number of benzene rings is 1. The van der Waals surface area contributed by atoms with Gasteiger partial charge in [0.05, 0.1) is 5.56 Å². The summed E-state index contributed by atoms with van der Waals surface area (Å²) in [5.74, 6) is 0.630. The van der Waals surface area contributed by atoms with Crippen LogP contribution < -0.4 is 22.1 Å². The molecule has 1 heterocycles. The van der Waals surface area contributed by atoms with Crippen LogP contribution in [-0.2, 0) is 0 Å². The molecular weight excluding hydrogens is 302 g/mol. The van der Waals surface area contributed by atoms with Crippen LogP contribution in [0, 0.1) is 0 Å². The van der Waals surface area contributed by atoms with Crippen LogP contribution in [0.1, 0.15) is 36.0 Å². The van der Waals surface area contributed by atoms with Crippen LogP contribution >= 0.6 is 0 Å². The van der Waals surface area contributed by atoms with Gasteiger partial charge in [0.1, 0.15) is 11.6 Å². The molecule has 6 heteroatoms. The summed E-state index contributed by atoms with van der Waals surface area (Å²) in [4.78, 5) is 16.2. The monoisotopic (exact) mass is 325 g/mol. The maximum absolute atomic E-state index is 11.7. The number of carbonyl (C=O) groups is 1. The van der Waals surface area contributed by atoms with Crippen LogP contribution in [0.4, 0.5) is 17.3 Å². The van der Waals surface area contributed by atoms with Gasteiger partial charge < -0.3 is 22.1 Å². The van der Waals surface area contributed by atoms with Crippen LogP contribution in [-0.4, -0.2) is 23.0 Å². The van der Waals surface area contributed by atoms with Gasteiger partial charge in [-0.3, -0.25) is 4.79 Å². The van der Waals surface area contributed by atoms with Crippen LogP contribution in [0.25, 0.3) is 0 Å². The highest BCUT2D eigenvalue weighted by Crippen LogP contribution is 2.24.